The molecule has 14 rings (SSSR count). The number of hydrogen-bond acceptors (Lipinski definition) is 0. The highest BCUT2D eigenvalue weighted by Crippen LogP contribution is 2.41. The Morgan fingerprint density at radius 2 is 0.529 bits per heavy atom. The number of rotatable bonds is 7. The molecule has 0 aliphatic rings. The van der Waals surface area contributed by atoms with Gasteiger partial charge in [0.1, 0.15) is 0 Å². The fourth-order valence-electron chi connectivity index (χ4n) is 11.9. The Morgan fingerprint density at radius 3 is 0.871 bits per heavy atom. The first kappa shape index (κ1) is 40.7. The largest absolute Gasteiger partial charge is 0.309 e. The predicted octanol–water partition coefficient (Wildman–Crippen LogP) is 16.5. The van der Waals surface area contributed by atoms with Crippen LogP contribution in [-0.4, -0.2) is 26.3 Å². The quantitative estimate of drug-likeness (QED) is 0.142. The number of para-hydroxylation sites is 6. The summed E-state index contributed by atoms with van der Waals surface area (Å²) in [5.74, 6) is 0. The Kier molecular flexibility index (Phi) is 8.75. The molecule has 0 spiro atoms. The summed E-state index contributed by atoms with van der Waals surface area (Å²) in [5, 5.41) is 11.5. The molecule has 0 radical (unpaired) electrons. The molecule has 0 aliphatic carbocycles. The van der Waals surface area contributed by atoms with Crippen LogP contribution in [0.1, 0.15) is 19.4 Å². The Bertz CT molecular complexity index is 4010. The molecule has 4 nitrogen and oxygen atoms in total. The van der Waals surface area contributed by atoms with Gasteiger partial charge in [-0.3, -0.25) is 0 Å². The van der Waals surface area contributed by atoms with Crippen molar-refractivity contribution in [1.29, 1.82) is 0 Å². The van der Waals surface area contributed by atoms with Crippen molar-refractivity contribution < 1.29 is 0 Å². The topological polar surface area (TPSA) is 19.7 Å². The van der Waals surface area contributed by atoms with Crippen LogP contribution in [-0.2, 0) is 5.04 Å². The first-order valence-electron chi connectivity index (χ1n) is 24.5. The van der Waals surface area contributed by atoms with Crippen LogP contribution in [0.3, 0.4) is 0 Å². The second kappa shape index (κ2) is 15.1. The Labute approximate surface area is 407 Å². The Morgan fingerprint density at radius 1 is 0.271 bits per heavy atom. The van der Waals surface area contributed by atoms with Gasteiger partial charge in [0.2, 0.25) is 0 Å². The van der Waals surface area contributed by atoms with E-state index in [0.717, 1.165) is 0 Å². The highest BCUT2D eigenvalue weighted by molar-refractivity contribution is 6.92. The van der Waals surface area contributed by atoms with Crippen molar-refractivity contribution in [2.75, 3.05) is 0 Å². The lowest BCUT2D eigenvalue weighted by molar-refractivity contribution is 0.725. The van der Waals surface area contributed by atoms with Crippen LogP contribution < -0.4 is 5.19 Å². The average molecular weight is 915 g/mol. The fourth-order valence-corrected chi connectivity index (χ4v) is 14.5. The molecule has 70 heavy (non-hydrogen) atoms. The molecule has 0 N–H and O–H groups in total. The van der Waals surface area contributed by atoms with Crippen molar-refractivity contribution in [3.05, 3.63) is 236 Å². The summed E-state index contributed by atoms with van der Waals surface area (Å²) in [6.07, 6.45) is 0. The summed E-state index contributed by atoms with van der Waals surface area (Å²) in [7, 11) is -2.11. The molecule has 5 heteroatoms. The minimum Gasteiger partial charge on any atom is -0.309 e. The van der Waals surface area contributed by atoms with Gasteiger partial charge in [-0.2, -0.15) is 0 Å². The van der Waals surface area contributed by atoms with Gasteiger partial charge in [-0.1, -0.05) is 166 Å². The Balaban J connectivity index is 0.802. The average Bonchev–Trinajstić information content (AvgIpc) is 4.13. The van der Waals surface area contributed by atoms with Crippen LogP contribution in [0.2, 0.25) is 13.1 Å². The van der Waals surface area contributed by atoms with Gasteiger partial charge in [0.25, 0.3) is 0 Å². The van der Waals surface area contributed by atoms with Crippen molar-refractivity contribution in [3.8, 4) is 22.7 Å². The lowest BCUT2D eigenvalue weighted by Gasteiger charge is -2.41. The van der Waals surface area contributed by atoms with E-state index in [1.807, 2.05) is 0 Å². The van der Waals surface area contributed by atoms with E-state index in [1.54, 1.807) is 0 Å². The number of aromatic nitrogens is 4. The molecule has 4 aromatic heterocycles. The molecular formula is C65H50N4Si. The van der Waals surface area contributed by atoms with E-state index < -0.39 is 8.07 Å². The number of nitrogens with zero attached hydrogens (tertiary/aromatic N) is 4. The lowest BCUT2D eigenvalue weighted by Crippen LogP contribution is -2.57. The summed E-state index contributed by atoms with van der Waals surface area (Å²) < 4.78 is 9.72. The summed E-state index contributed by atoms with van der Waals surface area (Å²) >= 11 is 0. The molecule has 14 aromatic rings. The fraction of sp³-hybridized carbons (Fsp3) is 0.0769. The maximum absolute atomic E-state index is 2.54. The van der Waals surface area contributed by atoms with Crippen molar-refractivity contribution in [1.82, 2.24) is 18.3 Å². The molecule has 0 saturated heterocycles. The summed E-state index contributed by atoms with van der Waals surface area (Å²) in [6.45, 7) is 9.99. The molecule has 334 valence electrons. The summed E-state index contributed by atoms with van der Waals surface area (Å²) in [4.78, 5) is 0. The van der Waals surface area contributed by atoms with E-state index in [0.29, 0.717) is 0 Å². The second-order valence-corrected chi connectivity index (χ2v) is 25.3. The summed E-state index contributed by atoms with van der Waals surface area (Å²) in [6, 6.07) is 85.7. The third kappa shape index (κ3) is 5.76. The molecule has 0 saturated carbocycles. The minimum absolute atomic E-state index is 0.0544. The van der Waals surface area contributed by atoms with Gasteiger partial charge in [-0.25, -0.2) is 0 Å². The predicted molar refractivity (Wildman–Crippen MR) is 300 cm³/mol. The molecule has 0 amide bonds. The normalized spacial score (nSPS) is 12.6. The van der Waals surface area contributed by atoms with Crippen LogP contribution in [0.4, 0.5) is 0 Å². The van der Waals surface area contributed by atoms with Gasteiger partial charge in [0.15, 0.2) is 0 Å². The SMILES string of the molecule is CC(C)(c1ccc(-n2c3ccccc3c3cc(-n4c5ccccc5c5ccccc54)ccc32)cc1)[Si](C)(C)c1ccc(-n2c3ccccc3c3cc(-n4c5ccccc5c5ccccc54)ccc32)cc1. The zero-order chi connectivity index (χ0) is 46.9. The molecular weight excluding hydrogens is 865 g/mol. The van der Waals surface area contributed by atoms with E-state index in [2.05, 4.69) is 276 Å². The van der Waals surface area contributed by atoms with Crippen LogP contribution in [0.25, 0.3) is 110 Å². The highest BCUT2D eigenvalue weighted by atomic mass is 28.3. The Hall–Kier alpha value is -8.38. The van der Waals surface area contributed by atoms with Gasteiger partial charge in [-0.05, 0) is 108 Å². The standard InChI is InChI=1S/C65H50N4Si/c1-65(2,43-29-31-44(32-30-43)66-61-27-15-9-21-53(61)55-41-46(35-39-63(55)66)68-57-23-11-5-17-49(57)50-18-6-12-24-58(50)68)70(3,4)48-37-33-45(34-38-48)67-62-28-16-10-22-54(62)56-42-47(36-40-64(56)67)69-59-25-13-7-19-51(59)52-20-8-14-26-60(52)69/h5-42H,1-4H3. The van der Waals surface area contributed by atoms with Crippen LogP contribution in [0.15, 0.2) is 231 Å². The molecule has 0 fully saturated rings. The third-order valence-electron chi connectivity index (χ3n) is 16.2. The maximum atomic E-state index is 2.54. The van der Waals surface area contributed by atoms with Gasteiger partial charge < -0.3 is 18.3 Å². The highest BCUT2D eigenvalue weighted by Gasteiger charge is 2.42. The number of hydrogen-bond donors (Lipinski definition) is 0. The van der Waals surface area contributed by atoms with Crippen molar-refractivity contribution in [2.45, 2.75) is 32.0 Å². The monoisotopic (exact) mass is 914 g/mol. The molecule has 0 unspecified atom stereocenters. The van der Waals surface area contributed by atoms with E-state index in [1.165, 1.54) is 121 Å². The van der Waals surface area contributed by atoms with Crippen molar-refractivity contribution >= 4 is 100 Å². The van der Waals surface area contributed by atoms with Crippen molar-refractivity contribution in [2.24, 2.45) is 0 Å². The van der Waals surface area contributed by atoms with Crippen LogP contribution in [0.5, 0.6) is 0 Å². The minimum atomic E-state index is -2.11. The molecule has 0 atom stereocenters. The molecule has 0 bridgehead atoms. The van der Waals surface area contributed by atoms with Crippen LogP contribution >= 0.6 is 0 Å². The number of benzene rings is 10. The summed E-state index contributed by atoms with van der Waals surface area (Å²) in [5.41, 5.74) is 15.8. The zero-order valence-corrected chi connectivity index (χ0v) is 40.7. The molecule has 4 heterocycles. The first-order valence-corrected chi connectivity index (χ1v) is 27.5. The van der Waals surface area contributed by atoms with Crippen LogP contribution in [0, 0.1) is 0 Å². The number of fused-ring (bicyclic) bond motifs is 12. The van der Waals surface area contributed by atoms with E-state index in [-0.39, 0.29) is 5.04 Å². The van der Waals surface area contributed by atoms with E-state index >= 15 is 0 Å². The van der Waals surface area contributed by atoms with Gasteiger partial charge in [0, 0.05) is 65.8 Å². The van der Waals surface area contributed by atoms with E-state index in [9.17, 15) is 0 Å². The van der Waals surface area contributed by atoms with Gasteiger partial charge >= 0.3 is 0 Å². The zero-order valence-electron chi connectivity index (χ0n) is 39.7. The molecule has 10 aromatic carbocycles. The van der Waals surface area contributed by atoms with Gasteiger partial charge in [-0.15, -0.1) is 0 Å². The van der Waals surface area contributed by atoms with E-state index in [4.69, 9.17) is 0 Å². The lowest BCUT2D eigenvalue weighted by atomic mass is 10.0. The first-order chi connectivity index (χ1) is 34.3. The molecule has 0 aliphatic heterocycles. The van der Waals surface area contributed by atoms with Gasteiger partial charge in [0.05, 0.1) is 52.2 Å². The maximum Gasteiger partial charge on any atom is 0.0904 e. The van der Waals surface area contributed by atoms with Crippen molar-refractivity contribution in [3.63, 3.8) is 0 Å². The third-order valence-corrected chi connectivity index (χ3v) is 21.4. The second-order valence-electron chi connectivity index (χ2n) is 20.2. The smallest absolute Gasteiger partial charge is 0.0904 e.